The quantitative estimate of drug-likeness (QED) is 0.684. The van der Waals surface area contributed by atoms with Gasteiger partial charge in [-0.15, -0.1) is 0 Å². The van der Waals surface area contributed by atoms with E-state index in [2.05, 4.69) is 5.32 Å². The van der Waals surface area contributed by atoms with E-state index in [1.165, 1.54) is 0 Å². The molecular weight excluding hydrogens is 342 g/mol. The summed E-state index contributed by atoms with van der Waals surface area (Å²) >= 11 is 0. The molecular formula is C22H23NO4. The van der Waals surface area contributed by atoms with Gasteiger partial charge in [0.15, 0.2) is 6.61 Å². The summed E-state index contributed by atoms with van der Waals surface area (Å²) in [5, 5.41) is 5.00. The van der Waals surface area contributed by atoms with Gasteiger partial charge in [0.25, 0.3) is 5.91 Å². The second-order valence-corrected chi connectivity index (χ2v) is 6.16. The van der Waals surface area contributed by atoms with Gasteiger partial charge in [0.1, 0.15) is 17.2 Å². The lowest BCUT2D eigenvalue weighted by Crippen LogP contribution is -2.31. The first-order valence-electron chi connectivity index (χ1n) is 8.74. The first kappa shape index (κ1) is 18.6. The molecule has 0 aromatic heterocycles. The van der Waals surface area contributed by atoms with Gasteiger partial charge in [0.05, 0.1) is 20.3 Å². The van der Waals surface area contributed by atoms with Crippen LogP contribution in [0.3, 0.4) is 0 Å². The standard InChI is InChI=1S/C22H23NO4/c1-15(19-13-17(25-2)11-12-20(19)26-3)23-22(24)14-27-21-10-6-8-16-7-4-5-9-18(16)21/h4-13,15H,14H2,1-3H3,(H,23,24). The molecule has 3 aromatic carbocycles. The fourth-order valence-electron chi connectivity index (χ4n) is 3.00. The average Bonchev–Trinajstić information content (AvgIpc) is 2.71. The molecule has 5 heteroatoms. The Morgan fingerprint density at radius 1 is 0.963 bits per heavy atom. The molecule has 1 unspecified atom stereocenters. The zero-order valence-corrected chi connectivity index (χ0v) is 15.7. The van der Waals surface area contributed by atoms with Crippen molar-refractivity contribution in [3.8, 4) is 17.2 Å². The molecule has 0 heterocycles. The molecule has 3 aromatic rings. The highest BCUT2D eigenvalue weighted by molar-refractivity contribution is 5.88. The number of methoxy groups -OCH3 is 2. The lowest BCUT2D eigenvalue weighted by atomic mass is 10.1. The summed E-state index contributed by atoms with van der Waals surface area (Å²) in [6, 6.07) is 19.0. The van der Waals surface area contributed by atoms with E-state index in [0.29, 0.717) is 17.2 Å². The van der Waals surface area contributed by atoms with Crippen LogP contribution in [0, 0.1) is 0 Å². The van der Waals surface area contributed by atoms with Crippen molar-refractivity contribution in [2.75, 3.05) is 20.8 Å². The van der Waals surface area contributed by atoms with Crippen LogP contribution >= 0.6 is 0 Å². The van der Waals surface area contributed by atoms with Crippen molar-refractivity contribution < 1.29 is 19.0 Å². The van der Waals surface area contributed by atoms with Crippen LogP contribution < -0.4 is 19.5 Å². The fraction of sp³-hybridized carbons (Fsp3) is 0.227. The van der Waals surface area contributed by atoms with E-state index < -0.39 is 0 Å². The minimum atomic E-state index is -0.251. The van der Waals surface area contributed by atoms with Crippen molar-refractivity contribution in [3.63, 3.8) is 0 Å². The third kappa shape index (κ3) is 4.31. The number of rotatable bonds is 7. The molecule has 0 aliphatic heterocycles. The highest BCUT2D eigenvalue weighted by atomic mass is 16.5. The van der Waals surface area contributed by atoms with Crippen LogP contribution in [0.5, 0.6) is 17.2 Å². The maximum Gasteiger partial charge on any atom is 0.258 e. The Labute approximate surface area is 158 Å². The minimum Gasteiger partial charge on any atom is -0.497 e. The molecule has 1 N–H and O–H groups in total. The number of hydrogen-bond donors (Lipinski definition) is 1. The van der Waals surface area contributed by atoms with Gasteiger partial charge in [-0.2, -0.15) is 0 Å². The molecule has 1 atom stereocenters. The monoisotopic (exact) mass is 365 g/mol. The number of fused-ring (bicyclic) bond motifs is 1. The largest absolute Gasteiger partial charge is 0.497 e. The molecule has 3 rings (SSSR count). The molecule has 0 aliphatic rings. The van der Waals surface area contributed by atoms with Crippen LogP contribution in [0.4, 0.5) is 0 Å². The van der Waals surface area contributed by atoms with Gasteiger partial charge in [0, 0.05) is 10.9 Å². The molecule has 0 saturated carbocycles. The first-order chi connectivity index (χ1) is 13.1. The lowest BCUT2D eigenvalue weighted by Gasteiger charge is -2.18. The van der Waals surface area contributed by atoms with Crippen molar-refractivity contribution in [3.05, 3.63) is 66.2 Å². The Bertz CT molecular complexity index is 933. The molecule has 1 amide bonds. The van der Waals surface area contributed by atoms with E-state index in [1.54, 1.807) is 14.2 Å². The Morgan fingerprint density at radius 3 is 2.52 bits per heavy atom. The summed E-state index contributed by atoms with van der Waals surface area (Å²) in [4.78, 5) is 12.4. The Balaban J connectivity index is 1.67. The number of nitrogens with one attached hydrogen (secondary N) is 1. The SMILES string of the molecule is COc1ccc(OC)c(C(C)NC(=O)COc2cccc3ccccc23)c1. The van der Waals surface area contributed by atoms with Gasteiger partial charge in [-0.05, 0) is 36.6 Å². The van der Waals surface area contributed by atoms with Gasteiger partial charge >= 0.3 is 0 Å². The number of amides is 1. The van der Waals surface area contributed by atoms with E-state index in [4.69, 9.17) is 14.2 Å². The van der Waals surface area contributed by atoms with E-state index in [-0.39, 0.29) is 18.6 Å². The van der Waals surface area contributed by atoms with Crippen LogP contribution in [-0.4, -0.2) is 26.7 Å². The van der Waals surface area contributed by atoms with Crippen molar-refractivity contribution in [1.29, 1.82) is 0 Å². The third-order valence-corrected chi connectivity index (χ3v) is 4.39. The van der Waals surface area contributed by atoms with Crippen LogP contribution in [0.1, 0.15) is 18.5 Å². The highest BCUT2D eigenvalue weighted by Crippen LogP contribution is 2.29. The summed E-state index contributed by atoms with van der Waals surface area (Å²) < 4.78 is 16.4. The van der Waals surface area contributed by atoms with Gasteiger partial charge in [0.2, 0.25) is 0 Å². The van der Waals surface area contributed by atoms with Crippen LogP contribution in [0.25, 0.3) is 10.8 Å². The van der Waals surface area contributed by atoms with E-state index in [9.17, 15) is 4.79 Å². The minimum absolute atomic E-state index is 0.0648. The van der Waals surface area contributed by atoms with Crippen LogP contribution in [-0.2, 0) is 4.79 Å². The maximum atomic E-state index is 12.4. The molecule has 0 bridgehead atoms. The van der Waals surface area contributed by atoms with Crippen molar-refractivity contribution in [1.82, 2.24) is 5.32 Å². The average molecular weight is 365 g/mol. The number of carbonyl (C=O) groups is 1. The van der Waals surface area contributed by atoms with Crippen molar-refractivity contribution in [2.45, 2.75) is 13.0 Å². The first-order valence-corrected chi connectivity index (χ1v) is 8.74. The molecule has 27 heavy (non-hydrogen) atoms. The molecule has 0 saturated heterocycles. The van der Waals surface area contributed by atoms with Gasteiger partial charge in [-0.1, -0.05) is 36.4 Å². The summed E-state index contributed by atoms with van der Waals surface area (Å²) in [6.45, 7) is 1.83. The molecule has 5 nitrogen and oxygen atoms in total. The van der Waals surface area contributed by atoms with Crippen LogP contribution in [0.2, 0.25) is 0 Å². The molecule has 0 fully saturated rings. The predicted molar refractivity (Wildman–Crippen MR) is 106 cm³/mol. The lowest BCUT2D eigenvalue weighted by molar-refractivity contribution is -0.123. The van der Waals surface area contributed by atoms with Gasteiger partial charge in [-0.3, -0.25) is 4.79 Å². The van der Waals surface area contributed by atoms with Crippen molar-refractivity contribution in [2.24, 2.45) is 0 Å². The molecule has 140 valence electrons. The van der Waals surface area contributed by atoms with Crippen LogP contribution in [0.15, 0.2) is 60.7 Å². The zero-order chi connectivity index (χ0) is 19.2. The van der Waals surface area contributed by atoms with Gasteiger partial charge in [-0.25, -0.2) is 0 Å². The normalized spacial score (nSPS) is 11.7. The summed E-state index contributed by atoms with van der Waals surface area (Å²) in [5.41, 5.74) is 0.843. The number of carbonyl (C=O) groups excluding carboxylic acids is 1. The van der Waals surface area contributed by atoms with E-state index >= 15 is 0 Å². The van der Waals surface area contributed by atoms with Gasteiger partial charge < -0.3 is 19.5 Å². The van der Waals surface area contributed by atoms with E-state index in [1.807, 2.05) is 67.6 Å². The number of benzene rings is 3. The molecule has 0 aliphatic carbocycles. The Hall–Kier alpha value is -3.21. The number of ether oxygens (including phenoxy) is 3. The van der Waals surface area contributed by atoms with E-state index in [0.717, 1.165) is 16.3 Å². The zero-order valence-electron chi connectivity index (χ0n) is 15.7. The smallest absolute Gasteiger partial charge is 0.258 e. The predicted octanol–water partition coefficient (Wildman–Crippen LogP) is 4.11. The Morgan fingerprint density at radius 2 is 1.74 bits per heavy atom. The Kier molecular flexibility index (Phi) is 5.81. The summed E-state index contributed by atoms with van der Waals surface area (Å²) in [6.07, 6.45) is 0. The number of hydrogen-bond acceptors (Lipinski definition) is 4. The second kappa shape index (κ2) is 8.45. The molecule has 0 radical (unpaired) electrons. The van der Waals surface area contributed by atoms with Crippen molar-refractivity contribution >= 4 is 16.7 Å². The fourth-order valence-corrected chi connectivity index (χ4v) is 3.00. The third-order valence-electron chi connectivity index (χ3n) is 4.39. The maximum absolute atomic E-state index is 12.4. The summed E-state index contributed by atoms with van der Waals surface area (Å²) in [7, 11) is 3.20. The second-order valence-electron chi connectivity index (χ2n) is 6.16. The topological polar surface area (TPSA) is 56.8 Å². The summed E-state index contributed by atoms with van der Waals surface area (Å²) in [5.74, 6) is 1.88. The molecule has 0 spiro atoms. The highest BCUT2D eigenvalue weighted by Gasteiger charge is 2.16.